The molecule has 0 amide bonds. The van der Waals surface area contributed by atoms with Gasteiger partial charge in [0, 0.05) is 0 Å². The van der Waals surface area contributed by atoms with E-state index in [2.05, 4.69) is 158 Å². The van der Waals surface area contributed by atoms with E-state index in [9.17, 15) is 14.7 Å². The van der Waals surface area contributed by atoms with Crippen LogP contribution in [0.15, 0.2) is 78.9 Å². The molecule has 0 fully saturated rings. The van der Waals surface area contributed by atoms with E-state index < -0.39 is 12.7 Å². The van der Waals surface area contributed by atoms with Gasteiger partial charge >= 0.3 is 303 Å². The second kappa shape index (κ2) is 11.7. The van der Waals surface area contributed by atoms with Crippen molar-refractivity contribution in [2.75, 3.05) is 0 Å². The van der Waals surface area contributed by atoms with Crippen LogP contribution in [0.5, 0.6) is 0 Å². The Morgan fingerprint density at radius 2 is 0.820 bits per heavy atom. The molecule has 3 N–H and O–H groups in total. The fourth-order valence-corrected chi connectivity index (χ4v) is 9.70. The van der Waals surface area contributed by atoms with Gasteiger partial charge in [0.1, 0.15) is 0 Å². The molecule has 4 heteroatoms. The van der Waals surface area contributed by atoms with Crippen LogP contribution in [0.2, 0.25) is 0 Å². The molecule has 0 aliphatic heterocycles. The van der Waals surface area contributed by atoms with Crippen LogP contribution >= 0.6 is 7.28 Å². The number of hydrogen-bond acceptors (Lipinski definition) is 3. The topological polar surface area (TPSA) is 60.7 Å². The van der Waals surface area contributed by atoms with Gasteiger partial charge in [0.05, 0.1) is 0 Å². The minimum absolute atomic E-state index is 0.00159. The fourth-order valence-electron chi connectivity index (χ4n) is 7.21. The maximum atomic E-state index is 12.9. The van der Waals surface area contributed by atoms with E-state index in [0.717, 1.165) is 43.8 Å². The van der Waals surface area contributed by atoms with Crippen molar-refractivity contribution < 1.29 is 14.7 Å². The minimum atomic E-state index is -5.82. The molecular formula is C46H61O3P. The quantitative estimate of drug-likeness (QED) is 0.165. The van der Waals surface area contributed by atoms with Gasteiger partial charge in [-0.15, -0.1) is 0 Å². The molecule has 0 aliphatic carbocycles. The Morgan fingerprint density at radius 1 is 0.380 bits per heavy atom. The van der Waals surface area contributed by atoms with Crippen LogP contribution in [0, 0.1) is 0 Å². The summed E-state index contributed by atoms with van der Waals surface area (Å²) >= 11 is 0. The third-order valence-electron chi connectivity index (χ3n) is 10.3. The SMILES string of the molecule is CC(C)(C)c1ccc2cc(-c3c(C(C)(C)C)cccc3P(O)(O)(O)c3cc4ccc(C(C)(C)C)cc4cc3C(C)(C)C)c(C(C)(C)C)cc2c1. The molecule has 0 atom stereocenters. The molecule has 0 radical (unpaired) electrons. The van der Waals surface area contributed by atoms with E-state index in [1.54, 1.807) is 6.07 Å². The van der Waals surface area contributed by atoms with Crippen molar-refractivity contribution in [1.29, 1.82) is 0 Å². The molecule has 50 heavy (non-hydrogen) atoms. The summed E-state index contributed by atoms with van der Waals surface area (Å²) in [6, 6.07) is 27.0. The molecule has 3 nitrogen and oxygen atoms in total. The Hall–Kier alpha value is -3.07. The van der Waals surface area contributed by atoms with Crippen LogP contribution in [0.1, 0.15) is 132 Å². The van der Waals surface area contributed by atoms with Crippen molar-refractivity contribution in [2.24, 2.45) is 0 Å². The molecule has 0 heterocycles. The van der Waals surface area contributed by atoms with Crippen molar-refractivity contribution in [3.63, 3.8) is 0 Å². The van der Waals surface area contributed by atoms with Crippen LogP contribution in [0.4, 0.5) is 0 Å². The molecule has 0 saturated heterocycles. The zero-order valence-electron chi connectivity index (χ0n) is 33.3. The van der Waals surface area contributed by atoms with Crippen molar-refractivity contribution in [3.8, 4) is 11.1 Å². The molecule has 0 saturated carbocycles. The molecule has 5 aromatic rings. The summed E-state index contributed by atoms with van der Waals surface area (Å²) < 4.78 is 0. The molecule has 0 spiro atoms. The van der Waals surface area contributed by atoms with Gasteiger partial charge in [-0.2, -0.15) is 0 Å². The van der Waals surface area contributed by atoms with Gasteiger partial charge in [0.2, 0.25) is 0 Å². The first-order valence-electron chi connectivity index (χ1n) is 18.1. The first-order chi connectivity index (χ1) is 22.5. The first kappa shape index (κ1) is 38.2. The molecule has 0 bridgehead atoms. The average Bonchev–Trinajstić information content (AvgIpc) is 2.96. The van der Waals surface area contributed by atoms with E-state index in [4.69, 9.17) is 0 Å². The fraction of sp³-hybridized carbons (Fsp3) is 0.435. The number of rotatable bonds is 3. The number of fused-ring (bicyclic) bond motifs is 2. The number of hydrogen-bond donors (Lipinski definition) is 3. The first-order valence-corrected chi connectivity index (χ1v) is 20.2. The molecular weight excluding hydrogens is 631 g/mol. The Bertz CT molecular complexity index is 2110. The summed E-state index contributed by atoms with van der Waals surface area (Å²) in [5, 5.41) is 4.46. The van der Waals surface area contributed by atoms with Gasteiger partial charge in [0.15, 0.2) is 0 Å². The molecule has 268 valence electrons. The van der Waals surface area contributed by atoms with Gasteiger partial charge in [-0.05, 0) is 0 Å². The summed E-state index contributed by atoms with van der Waals surface area (Å²) in [5.41, 5.74) is 5.64. The van der Waals surface area contributed by atoms with Gasteiger partial charge in [0.25, 0.3) is 0 Å². The van der Waals surface area contributed by atoms with Crippen molar-refractivity contribution >= 4 is 39.4 Å². The van der Waals surface area contributed by atoms with E-state index in [1.807, 2.05) is 18.2 Å². The molecule has 5 rings (SSSR count). The Morgan fingerprint density at radius 3 is 1.26 bits per heavy atom. The van der Waals surface area contributed by atoms with Crippen molar-refractivity contribution in [2.45, 2.75) is 131 Å². The average molecular weight is 693 g/mol. The van der Waals surface area contributed by atoms with Crippen LogP contribution in [0.3, 0.4) is 0 Å². The molecule has 0 aliphatic rings. The normalized spacial score (nSPS) is 14.6. The van der Waals surface area contributed by atoms with Gasteiger partial charge < -0.3 is 0 Å². The van der Waals surface area contributed by atoms with E-state index >= 15 is 0 Å². The molecule has 5 aromatic carbocycles. The second-order valence-electron chi connectivity index (χ2n) is 19.8. The predicted octanol–water partition coefficient (Wildman–Crippen LogP) is 11.4. The van der Waals surface area contributed by atoms with Crippen molar-refractivity contribution in [1.82, 2.24) is 0 Å². The van der Waals surface area contributed by atoms with Crippen LogP contribution < -0.4 is 10.6 Å². The third kappa shape index (κ3) is 7.05. The monoisotopic (exact) mass is 692 g/mol. The zero-order chi connectivity index (χ0) is 37.6. The van der Waals surface area contributed by atoms with Crippen LogP contribution in [0.25, 0.3) is 32.7 Å². The van der Waals surface area contributed by atoms with Gasteiger partial charge in [-0.1, -0.05) is 0 Å². The van der Waals surface area contributed by atoms with Gasteiger partial charge in [-0.3, -0.25) is 0 Å². The van der Waals surface area contributed by atoms with E-state index in [0.29, 0.717) is 5.56 Å². The maximum absolute atomic E-state index is 12.9. The van der Waals surface area contributed by atoms with Crippen molar-refractivity contribution in [3.05, 3.63) is 107 Å². The molecule has 0 aromatic heterocycles. The Balaban J connectivity index is 1.94. The summed E-state index contributed by atoms with van der Waals surface area (Å²) in [5.74, 6) is 0. The molecule has 0 unspecified atom stereocenters. The summed E-state index contributed by atoms with van der Waals surface area (Å²) in [7, 11) is -5.82. The summed E-state index contributed by atoms with van der Waals surface area (Å²) in [4.78, 5) is 38.8. The summed E-state index contributed by atoms with van der Waals surface area (Å²) in [6.45, 7) is 32.5. The summed E-state index contributed by atoms with van der Waals surface area (Å²) in [6.07, 6.45) is 0. The van der Waals surface area contributed by atoms with Crippen LogP contribution in [-0.4, -0.2) is 14.7 Å². The second-order valence-corrected chi connectivity index (χ2v) is 22.7. The van der Waals surface area contributed by atoms with E-state index in [-0.39, 0.29) is 32.3 Å². The predicted molar refractivity (Wildman–Crippen MR) is 220 cm³/mol. The van der Waals surface area contributed by atoms with E-state index in [1.165, 1.54) is 11.1 Å². The zero-order valence-corrected chi connectivity index (χ0v) is 34.2. The van der Waals surface area contributed by atoms with Crippen LogP contribution in [-0.2, 0) is 27.1 Å². The Labute approximate surface area is 302 Å². The van der Waals surface area contributed by atoms with Gasteiger partial charge in [-0.25, -0.2) is 0 Å². The third-order valence-corrected chi connectivity index (χ3v) is 12.8. The number of benzene rings is 5. The standard InChI is InChI=1S/C46H61O3P/c1-42(2,3)33-21-19-29-25-35(37(45(10,11)12)26-31(29)23-33)41-36(44(7,8)9)17-16-18-39(41)50(47,48,49)40-28-30-20-22-34(43(4,5)6)24-32(30)27-38(40)46(13,14)15/h16-28,47-49H,1-15H3. The Kier molecular flexibility index (Phi) is 8.95.